The molecule has 0 bridgehead atoms. The fraction of sp³-hybridized carbons (Fsp3) is 0.667. The molecule has 4 heteroatoms. The van der Waals surface area contributed by atoms with Gasteiger partial charge in [-0.15, -0.1) is 0 Å². The van der Waals surface area contributed by atoms with Crippen LogP contribution in [0.2, 0.25) is 0 Å². The molecule has 2 heterocycles. The predicted octanol–water partition coefficient (Wildman–Crippen LogP) is 1.46. The standard InChI is InChI=1S/C12H20N4/c1-9-6-10(2)15-12(14-9)13-7-11-4-5-16(3)8-11/h6,11H,4-5,7-8H2,1-3H3,(H,13,14,15). The second-order valence-corrected chi connectivity index (χ2v) is 4.77. The summed E-state index contributed by atoms with van der Waals surface area (Å²) in [6.07, 6.45) is 1.27. The molecule has 1 aliphatic rings. The highest BCUT2D eigenvalue weighted by Gasteiger charge is 2.19. The second kappa shape index (κ2) is 4.78. The van der Waals surface area contributed by atoms with Crippen LogP contribution in [0.4, 0.5) is 5.95 Å². The zero-order valence-corrected chi connectivity index (χ0v) is 10.3. The summed E-state index contributed by atoms with van der Waals surface area (Å²) in [5.41, 5.74) is 2.05. The number of anilines is 1. The minimum atomic E-state index is 0.731. The number of nitrogens with one attached hydrogen (secondary N) is 1. The van der Waals surface area contributed by atoms with E-state index < -0.39 is 0 Å². The van der Waals surface area contributed by atoms with Gasteiger partial charge in [0.2, 0.25) is 5.95 Å². The summed E-state index contributed by atoms with van der Waals surface area (Å²) in [6, 6.07) is 1.99. The third-order valence-corrected chi connectivity index (χ3v) is 3.02. The summed E-state index contributed by atoms with van der Waals surface area (Å²) in [7, 11) is 2.17. The first-order chi connectivity index (χ1) is 7.63. The van der Waals surface area contributed by atoms with E-state index in [4.69, 9.17) is 0 Å². The lowest BCUT2D eigenvalue weighted by molar-refractivity contribution is 0.399. The molecular weight excluding hydrogens is 200 g/mol. The van der Waals surface area contributed by atoms with Crippen molar-refractivity contribution in [2.75, 3.05) is 32.0 Å². The van der Waals surface area contributed by atoms with Gasteiger partial charge in [0.05, 0.1) is 0 Å². The van der Waals surface area contributed by atoms with Gasteiger partial charge in [-0.05, 0) is 45.8 Å². The largest absolute Gasteiger partial charge is 0.354 e. The summed E-state index contributed by atoms with van der Waals surface area (Å²) in [4.78, 5) is 11.1. The van der Waals surface area contributed by atoms with E-state index in [9.17, 15) is 0 Å². The van der Waals surface area contributed by atoms with Crippen LogP contribution < -0.4 is 5.32 Å². The van der Waals surface area contributed by atoms with Crippen molar-refractivity contribution in [3.8, 4) is 0 Å². The zero-order chi connectivity index (χ0) is 11.5. The molecule has 1 unspecified atom stereocenters. The summed E-state index contributed by atoms with van der Waals surface area (Å²) in [5.74, 6) is 1.50. The molecular formula is C12H20N4. The minimum absolute atomic E-state index is 0.731. The van der Waals surface area contributed by atoms with Crippen LogP contribution in [0.25, 0.3) is 0 Å². The van der Waals surface area contributed by atoms with Gasteiger partial charge in [-0.1, -0.05) is 0 Å². The van der Waals surface area contributed by atoms with Gasteiger partial charge in [0.1, 0.15) is 0 Å². The molecule has 0 saturated carbocycles. The molecule has 1 aromatic heterocycles. The summed E-state index contributed by atoms with van der Waals surface area (Å²) in [5, 5.41) is 3.34. The quantitative estimate of drug-likeness (QED) is 0.837. The maximum atomic E-state index is 4.38. The zero-order valence-electron chi connectivity index (χ0n) is 10.3. The van der Waals surface area contributed by atoms with Gasteiger partial charge in [0.25, 0.3) is 0 Å². The molecule has 0 aliphatic carbocycles. The minimum Gasteiger partial charge on any atom is -0.354 e. The first-order valence-corrected chi connectivity index (χ1v) is 5.88. The molecule has 0 radical (unpaired) electrons. The molecule has 1 fully saturated rings. The molecule has 88 valence electrons. The van der Waals surface area contributed by atoms with Crippen LogP contribution in [0, 0.1) is 19.8 Å². The lowest BCUT2D eigenvalue weighted by atomic mass is 10.1. The van der Waals surface area contributed by atoms with Crippen molar-refractivity contribution in [1.82, 2.24) is 14.9 Å². The van der Waals surface area contributed by atoms with Crippen LogP contribution in [-0.2, 0) is 0 Å². The van der Waals surface area contributed by atoms with Gasteiger partial charge in [-0.2, -0.15) is 0 Å². The topological polar surface area (TPSA) is 41.1 Å². The molecule has 4 nitrogen and oxygen atoms in total. The fourth-order valence-corrected chi connectivity index (χ4v) is 2.23. The van der Waals surface area contributed by atoms with E-state index in [2.05, 4.69) is 27.2 Å². The van der Waals surface area contributed by atoms with E-state index in [1.165, 1.54) is 19.5 Å². The van der Waals surface area contributed by atoms with Crippen LogP contribution in [0.15, 0.2) is 6.07 Å². The third-order valence-electron chi connectivity index (χ3n) is 3.02. The molecule has 16 heavy (non-hydrogen) atoms. The molecule has 1 N–H and O–H groups in total. The van der Waals surface area contributed by atoms with Crippen molar-refractivity contribution < 1.29 is 0 Å². The number of rotatable bonds is 3. The van der Waals surface area contributed by atoms with E-state index in [-0.39, 0.29) is 0 Å². The van der Waals surface area contributed by atoms with Gasteiger partial charge in [0.15, 0.2) is 0 Å². The SMILES string of the molecule is Cc1cc(C)nc(NCC2CCN(C)C2)n1. The first-order valence-electron chi connectivity index (χ1n) is 5.88. The van der Waals surface area contributed by atoms with E-state index in [1.807, 2.05) is 19.9 Å². The number of nitrogens with zero attached hydrogens (tertiary/aromatic N) is 3. The Balaban J connectivity index is 1.89. The van der Waals surface area contributed by atoms with Gasteiger partial charge in [-0.3, -0.25) is 0 Å². The molecule has 1 aromatic rings. The Hall–Kier alpha value is -1.16. The Labute approximate surface area is 97.1 Å². The van der Waals surface area contributed by atoms with Crippen molar-refractivity contribution in [3.63, 3.8) is 0 Å². The Kier molecular flexibility index (Phi) is 3.39. The maximum Gasteiger partial charge on any atom is 0.223 e. The highest BCUT2D eigenvalue weighted by atomic mass is 15.1. The van der Waals surface area contributed by atoms with Crippen LogP contribution in [0.5, 0.6) is 0 Å². The second-order valence-electron chi connectivity index (χ2n) is 4.77. The maximum absolute atomic E-state index is 4.38. The molecule has 1 atom stereocenters. The average Bonchev–Trinajstić information content (AvgIpc) is 2.60. The molecule has 0 spiro atoms. The van der Waals surface area contributed by atoms with Crippen molar-refractivity contribution in [2.45, 2.75) is 20.3 Å². The number of aromatic nitrogens is 2. The van der Waals surface area contributed by atoms with E-state index in [0.29, 0.717) is 0 Å². The number of likely N-dealkylation sites (tertiary alicyclic amines) is 1. The lowest BCUT2D eigenvalue weighted by Crippen LogP contribution is -2.20. The van der Waals surface area contributed by atoms with Crippen molar-refractivity contribution in [1.29, 1.82) is 0 Å². The summed E-state index contributed by atoms with van der Waals surface area (Å²) in [6.45, 7) is 7.37. The van der Waals surface area contributed by atoms with Crippen LogP contribution in [0.3, 0.4) is 0 Å². The number of aryl methyl sites for hydroxylation is 2. The van der Waals surface area contributed by atoms with Gasteiger partial charge < -0.3 is 10.2 Å². The Morgan fingerprint density at radius 3 is 2.62 bits per heavy atom. The highest BCUT2D eigenvalue weighted by Crippen LogP contribution is 2.14. The molecule has 1 aliphatic heterocycles. The first kappa shape index (κ1) is 11.3. The van der Waals surface area contributed by atoms with Gasteiger partial charge in [-0.25, -0.2) is 9.97 Å². The van der Waals surface area contributed by atoms with Gasteiger partial charge in [0, 0.05) is 24.5 Å². The average molecular weight is 220 g/mol. The van der Waals surface area contributed by atoms with Crippen LogP contribution in [-0.4, -0.2) is 41.5 Å². The lowest BCUT2D eigenvalue weighted by Gasteiger charge is -2.12. The normalized spacial score (nSPS) is 21.3. The van der Waals surface area contributed by atoms with Crippen LogP contribution in [0.1, 0.15) is 17.8 Å². The van der Waals surface area contributed by atoms with E-state index >= 15 is 0 Å². The van der Waals surface area contributed by atoms with Gasteiger partial charge >= 0.3 is 0 Å². The highest BCUT2D eigenvalue weighted by molar-refractivity contribution is 5.27. The number of hydrogen-bond donors (Lipinski definition) is 1. The van der Waals surface area contributed by atoms with Crippen molar-refractivity contribution in [3.05, 3.63) is 17.5 Å². The van der Waals surface area contributed by atoms with E-state index in [0.717, 1.165) is 29.8 Å². The number of hydrogen-bond acceptors (Lipinski definition) is 4. The molecule has 2 rings (SSSR count). The molecule has 0 amide bonds. The molecule has 0 aromatic carbocycles. The summed E-state index contributed by atoms with van der Waals surface area (Å²) >= 11 is 0. The molecule has 1 saturated heterocycles. The monoisotopic (exact) mass is 220 g/mol. The fourth-order valence-electron chi connectivity index (χ4n) is 2.23. The Morgan fingerprint density at radius 2 is 2.06 bits per heavy atom. The Morgan fingerprint density at radius 1 is 1.38 bits per heavy atom. The predicted molar refractivity (Wildman–Crippen MR) is 65.6 cm³/mol. The Bertz CT molecular complexity index is 344. The van der Waals surface area contributed by atoms with Crippen molar-refractivity contribution >= 4 is 5.95 Å². The van der Waals surface area contributed by atoms with Crippen LogP contribution >= 0.6 is 0 Å². The van der Waals surface area contributed by atoms with Crippen molar-refractivity contribution in [2.24, 2.45) is 5.92 Å². The smallest absolute Gasteiger partial charge is 0.223 e. The van der Waals surface area contributed by atoms with E-state index in [1.54, 1.807) is 0 Å². The third kappa shape index (κ3) is 2.92. The summed E-state index contributed by atoms with van der Waals surface area (Å²) < 4.78 is 0.